The Balaban J connectivity index is 1.76. The molecule has 1 aliphatic carbocycles. The van der Waals surface area contributed by atoms with Crippen molar-refractivity contribution < 1.29 is 27.5 Å². The predicted molar refractivity (Wildman–Crippen MR) is 109 cm³/mol. The van der Waals surface area contributed by atoms with Gasteiger partial charge in [-0.15, -0.1) is 0 Å². The maximum Gasteiger partial charge on any atom is 0.417 e. The highest BCUT2D eigenvalue weighted by Gasteiger charge is 2.48. The van der Waals surface area contributed by atoms with Gasteiger partial charge in [0.05, 0.1) is 16.8 Å². The molecule has 31 heavy (non-hydrogen) atoms. The molecule has 1 saturated carbocycles. The van der Waals surface area contributed by atoms with Crippen LogP contribution in [-0.2, 0) is 11.0 Å². The summed E-state index contributed by atoms with van der Waals surface area (Å²) in [5, 5.41) is 5.91. The molecule has 1 unspecified atom stereocenters. The van der Waals surface area contributed by atoms with Crippen LogP contribution in [0.5, 0.6) is 5.75 Å². The number of carbonyl (C=O) groups excluding carboxylic acids is 2. The van der Waals surface area contributed by atoms with Gasteiger partial charge in [-0.25, -0.2) is 0 Å². The van der Waals surface area contributed by atoms with Crippen LogP contribution in [-0.4, -0.2) is 47.5 Å². The zero-order valence-corrected chi connectivity index (χ0v) is 17.8. The molecule has 9 heteroatoms. The number of anilines is 1. The first kappa shape index (κ1) is 21.9. The van der Waals surface area contributed by atoms with Crippen molar-refractivity contribution in [1.82, 2.24) is 10.2 Å². The third-order valence-corrected chi connectivity index (χ3v) is 6.49. The van der Waals surface area contributed by atoms with Crippen LogP contribution in [0.15, 0.2) is 12.1 Å². The van der Waals surface area contributed by atoms with Crippen LogP contribution in [0, 0.1) is 0 Å². The van der Waals surface area contributed by atoms with Crippen LogP contribution < -0.4 is 15.4 Å². The molecule has 1 aromatic carbocycles. The fraction of sp³-hybridized carbons (Fsp3) is 0.636. The van der Waals surface area contributed by atoms with Crippen molar-refractivity contribution in [2.45, 2.75) is 76.2 Å². The van der Waals surface area contributed by atoms with Gasteiger partial charge in [-0.2, -0.15) is 13.2 Å². The monoisotopic (exact) mass is 439 g/mol. The van der Waals surface area contributed by atoms with Gasteiger partial charge in [0.2, 0.25) is 0 Å². The summed E-state index contributed by atoms with van der Waals surface area (Å²) in [5.41, 5.74) is -2.49. The Morgan fingerprint density at radius 3 is 2.52 bits per heavy atom. The van der Waals surface area contributed by atoms with E-state index in [2.05, 4.69) is 10.6 Å². The fourth-order valence-corrected chi connectivity index (χ4v) is 4.97. The van der Waals surface area contributed by atoms with Crippen LogP contribution in [0.3, 0.4) is 0 Å². The van der Waals surface area contributed by atoms with Gasteiger partial charge in [-0.05, 0) is 71.0 Å². The molecule has 0 bridgehead atoms. The Kier molecular flexibility index (Phi) is 5.66. The van der Waals surface area contributed by atoms with Crippen molar-refractivity contribution in [3.63, 3.8) is 0 Å². The molecule has 4 rings (SSSR count). The molecule has 2 aliphatic heterocycles. The van der Waals surface area contributed by atoms with Crippen LogP contribution in [0.1, 0.15) is 68.3 Å². The SMILES string of the molecule is CC(C)N(C(=O)c1cc2c(cc1C(F)(F)F)OC1(CCCC1)C(=O)N2)C1CCCNC1. The van der Waals surface area contributed by atoms with Crippen LogP contribution in [0.25, 0.3) is 0 Å². The van der Waals surface area contributed by atoms with Crippen LogP contribution >= 0.6 is 0 Å². The second-order valence-electron chi connectivity index (χ2n) is 8.96. The van der Waals surface area contributed by atoms with E-state index in [-0.39, 0.29) is 29.4 Å². The average Bonchev–Trinajstić information content (AvgIpc) is 3.17. The highest BCUT2D eigenvalue weighted by Crippen LogP contribution is 2.45. The van der Waals surface area contributed by atoms with Gasteiger partial charge in [0.25, 0.3) is 11.8 Å². The molecular weight excluding hydrogens is 411 g/mol. The summed E-state index contributed by atoms with van der Waals surface area (Å²) in [6, 6.07) is 1.54. The fourth-order valence-electron chi connectivity index (χ4n) is 4.97. The quantitative estimate of drug-likeness (QED) is 0.748. The Hall–Kier alpha value is -2.29. The lowest BCUT2D eigenvalue weighted by atomic mass is 9.95. The molecule has 0 aromatic heterocycles. The zero-order valence-electron chi connectivity index (χ0n) is 17.8. The van der Waals surface area contributed by atoms with Gasteiger partial charge in [0.15, 0.2) is 5.60 Å². The molecule has 3 aliphatic rings. The summed E-state index contributed by atoms with van der Waals surface area (Å²) < 4.78 is 47.9. The normalized spacial score (nSPS) is 22.8. The Bertz CT molecular complexity index is 873. The molecule has 2 amide bonds. The Morgan fingerprint density at radius 1 is 1.23 bits per heavy atom. The summed E-state index contributed by atoms with van der Waals surface area (Å²) in [5.74, 6) is -1.07. The molecule has 1 saturated heterocycles. The number of alkyl halides is 3. The number of amides is 2. The molecule has 2 heterocycles. The smallest absolute Gasteiger partial charge is 0.417 e. The van der Waals surface area contributed by atoms with Gasteiger partial charge in [-0.1, -0.05) is 0 Å². The minimum absolute atomic E-state index is 0.0270. The average molecular weight is 439 g/mol. The van der Waals surface area contributed by atoms with Gasteiger partial charge in [0, 0.05) is 18.6 Å². The largest absolute Gasteiger partial charge is 0.475 e. The first-order chi connectivity index (χ1) is 14.6. The summed E-state index contributed by atoms with van der Waals surface area (Å²) in [6.07, 6.45) is -0.656. The minimum Gasteiger partial charge on any atom is -0.475 e. The van der Waals surface area contributed by atoms with Gasteiger partial charge < -0.3 is 20.3 Å². The van der Waals surface area contributed by atoms with Crippen molar-refractivity contribution in [3.05, 3.63) is 23.3 Å². The number of halogens is 3. The summed E-state index contributed by atoms with van der Waals surface area (Å²) in [4.78, 5) is 27.6. The van der Waals surface area contributed by atoms with Crippen molar-refractivity contribution in [1.29, 1.82) is 0 Å². The number of nitrogens with one attached hydrogen (secondary N) is 2. The molecule has 1 atom stereocenters. The van der Waals surface area contributed by atoms with Crippen LogP contribution in [0.2, 0.25) is 0 Å². The minimum atomic E-state index is -4.73. The molecule has 2 fully saturated rings. The molecule has 170 valence electrons. The van der Waals surface area contributed by atoms with Crippen molar-refractivity contribution in [2.75, 3.05) is 18.4 Å². The number of piperidine rings is 1. The lowest BCUT2D eigenvalue weighted by molar-refractivity contribution is -0.138. The highest BCUT2D eigenvalue weighted by atomic mass is 19.4. The van der Waals surface area contributed by atoms with Crippen molar-refractivity contribution in [3.8, 4) is 5.75 Å². The lowest BCUT2D eigenvalue weighted by Gasteiger charge is -2.39. The second-order valence-corrected chi connectivity index (χ2v) is 8.96. The van der Waals surface area contributed by atoms with E-state index in [9.17, 15) is 22.8 Å². The van der Waals surface area contributed by atoms with Gasteiger partial charge in [-0.3, -0.25) is 9.59 Å². The standard InChI is InChI=1S/C22H28F3N3O3/c1-13(2)28(14-6-5-9-26-12-14)19(29)15-10-17-18(11-16(15)22(23,24)25)31-21(20(30)27-17)7-3-4-8-21/h10-11,13-14,26H,3-9,12H2,1-2H3,(H,27,30). The molecular formula is C22H28F3N3O3. The van der Waals surface area contributed by atoms with E-state index in [0.29, 0.717) is 19.4 Å². The maximum absolute atomic E-state index is 14.0. The summed E-state index contributed by atoms with van der Waals surface area (Å²) >= 11 is 0. The zero-order chi connectivity index (χ0) is 22.4. The van der Waals surface area contributed by atoms with E-state index in [0.717, 1.165) is 44.4 Å². The van der Waals surface area contributed by atoms with E-state index in [1.807, 2.05) is 0 Å². The third kappa shape index (κ3) is 4.00. The van der Waals surface area contributed by atoms with E-state index >= 15 is 0 Å². The third-order valence-electron chi connectivity index (χ3n) is 6.49. The van der Waals surface area contributed by atoms with Gasteiger partial charge >= 0.3 is 6.18 Å². The topological polar surface area (TPSA) is 70.7 Å². The second kappa shape index (κ2) is 8.00. The van der Waals surface area contributed by atoms with E-state index in [4.69, 9.17) is 4.74 Å². The van der Waals surface area contributed by atoms with E-state index in [1.54, 1.807) is 13.8 Å². The highest BCUT2D eigenvalue weighted by molar-refractivity contribution is 6.04. The number of rotatable bonds is 3. The van der Waals surface area contributed by atoms with E-state index in [1.165, 1.54) is 4.90 Å². The maximum atomic E-state index is 14.0. The number of hydrogen-bond donors (Lipinski definition) is 2. The summed E-state index contributed by atoms with van der Waals surface area (Å²) in [7, 11) is 0. The number of hydrogen-bond acceptors (Lipinski definition) is 4. The van der Waals surface area contributed by atoms with Gasteiger partial charge in [0.1, 0.15) is 5.75 Å². The summed E-state index contributed by atoms with van der Waals surface area (Å²) in [6.45, 7) is 4.97. The molecule has 2 N–H and O–H groups in total. The lowest BCUT2D eigenvalue weighted by Crippen LogP contribution is -2.52. The molecule has 1 aromatic rings. The molecule has 1 spiro atoms. The molecule has 0 radical (unpaired) electrons. The van der Waals surface area contributed by atoms with Crippen LogP contribution in [0.4, 0.5) is 18.9 Å². The molecule has 6 nitrogen and oxygen atoms in total. The number of fused-ring (bicyclic) bond motifs is 1. The number of nitrogens with zero attached hydrogens (tertiary/aromatic N) is 1. The van der Waals surface area contributed by atoms with Crippen molar-refractivity contribution in [2.24, 2.45) is 0 Å². The van der Waals surface area contributed by atoms with Crippen molar-refractivity contribution >= 4 is 17.5 Å². The predicted octanol–water partition coefficient (Wildman–Crippen LogP) is 3.95. The number of carbonyl (C=O) groups is 2. The Morgan fingerprint density at radius 2 is 1.94 bits per heavy atom. The number of ether oxygens (including phenoxy) is 1. The number of benzene rings is 1. The first-order valence-electron chi connectivity index (χ1n) is 10.9. The first-order valence-corrected chi connectivity index (χ1v) is 10.9. The van der Waals surface area contributed by atoms with E-state index < -0.39 is 28.8 Å². The Labute approximate surface area is 179 Å².